The topological polar surface area (TPSA) is 78.8 Å². The summed E-state index contributed by atoms with van der Waals surface area (Å²) in [7, 11) is -3.27. The maximum absolute atomic E-state index is 14.3. The number of thiophene rings is 1. The van der Waals surface area contributed by atoms with Crippen molar-refractivity contribution in [3.05, 3.63) is 45.1 Å². The standard InChI is InChI=1S/C20H23FN2O3S2/c1-20(2,25)16-10-15(21)18(27-16)28(3,26)23-19(24)22-17-13-6-4-5-11(13)9-12-7-8-14(12)17/h9-10,25H,4-8H2,1-3H3,(H,22,24). The van der Waals surface area contributed by atoms with Crippen LogP contribution >= 0.6 is 11.3 Å². The molecule has 2 aliphatic carbocycles. The van der Waals surface area contributed by atoms with E-state index in [2.05, 4.69) is 15.7 Å². The summed E-state index contributed by atoms with van der Waals surface area (Å²) in [6.07, 6.45) is 6.15. The minimum Gasteiger partial charge on any atom is -0.385 e. The van der Waals surface area contributed by atoms with Crippen LogP contribution in [0.25, 0.3) is 0 Å². The Balaban J connectivity index is 1.66. The predicted molar refractivity (Wildman–Crippen MR) is 109 cm³/mol. The highest BCUT2D eigenvalue weighted by atomic mass is 32.2. The third-order valence-corrected chi connectivity index (χ3v) is 9.13. The molecule has 0 aliphatic heterocycles. The van der Waals surface area contributed by atoms with E-state index in [1.54, 1.807) is 0 Å². The summed E-state index contributed by atoms with van der Waals surface area (Å²) in [5, 5.41) is 12.9. The van der Waals surface area contributed by atoms with Crippen molar-refractivity contribution < 1.29 is 18.5 Å². The van der Waals surface area contributed by atoms with Crippen LogP contribution in [0.1, 0.15) is 47.4 Å². The summed E-state index contributed by atoms with van der Waals surface area (Å²) < 4.78 is 31.1. The molecule has 1 atom stereocenters. The minimum atomic E-state index is -3.27. The molecule has 2 N–H and O–H groups in total. The van der Waals surface area contributed by atoms with Gasteiger partial charge in [0.2, 0.25) is 0 Å². The monoisotopic (exact) mass is 422 g/mol. The van der Waals surface area contributed by atoms with Gasteiger partial charge in [-0.3, -0.25) is 0 Å². The number of urea groups is 1. The van der Waals surface area contributed by atoms with Crippen molar-refractivity contribution in [3.63, 3.8) is 0 Å². The van der Waals surface area contributed by atoms with Crippen LogP contribution in [0.15, 0.2) is 20.7 Å². The quantitative estimate of drug-likeness (QED) is 0.770. The zero-order chi connectivity index (χ0) is 20.3. The van der Waals surface area contributed by atoms with E-state index in [0.717, 1.165) is 66.3 Å². The summed E-state index contributed by atoms with van der Waals surface area (Å²) in [6.45, 7) is 3.05. The number of benzene rings is 1. The van der Waals surface area contributed by atoms with E-state index in [1.807, 2.05) is 0 Å². The molecule has 1 heterocycles. The predicted octanol–water partition coefficient (Wildman–Crippen LogP) is 4.39. The van der Waals surface area contributed by atoms with Gasteiger partial charge < -0.3 is 10.4 Å². The lowest BCUT2D eigenvalue weighted by Gasteiger charge is -2.25. The second kappa shape index (κ2) is 6.64. The number of rotatable bonds is 3. The van der Waals surface area contributed by atoms with Gasteiger partial charge in [-0.15, -0.1) is 15.7 Å². The molecule has 2 aliphatic rings. The first-order valence-corrected chi connectivity index (χ1v) is 12.0. The van der Waals surface area contributed by atoms with Crippen molar-refractivity contribution in [1.29, 1.82) is 0 Å². The Morgan fingerprint density at radius 1 is 1.21 bits per heavy atom. The number of aryl methyl sites for hydroxylation is 2. The number of halogens is 1. The Labute approximate surface area is 168 Å². The number of carbonyl (C=O) groups excluding carboxylic acids is 1. The highest BCUT2D eigenvalue weighted by molar-refractivity contribution is 7.95. The van der Waals surface area contributed by atoms with Crippen molar-refractivity contribution in [3.8, 4) is 0 Å². The van der Waals surface area contributed by atoms with E-state index in [0.29, 0.717) is 4.88 Å². The van der Waals surface area contributed by atoms with Gasteiger partial charge >= 0.3 is 6.03 Å². The van der Waals surface area contributed by atoms with Crippen molar-refractivity contribution in [2.24, 2.45) is 4.36 Å². The first-order valence-electron chi connectivity index (χ1n) is 9.28. The molecule has 2 amide bonds. The molecule has 150 valence electrons. The molecule has 4 rings (SSSR count). The number of nitrogens with one attached hydrogen (secondary N) is 1. The minimum absolute atomic E-state index is 0.119. The van der Waals surface area contributed by atoms with Crippen LogP contribution in [0, 0.1) is 5.82 Å². The average Bonchev–Trinajstić information content (AvgIpc) is 3.15. The highest BCUT2D eigenvalue weighted by Gasteiger charge is 2.28. The molecule has 1 aromatic heterocycles. The molecule has 5 nitrogen and oxygen atoms in total. The third-order valence-electron chi connectivity index (χ3n) is 5.34. The van der Waals surface area contributed by atoms with Crippen LogP contribution in [0.4, 0.5) is 14.9 Å². The summed E-state index contributed by atoms with van der Waals surface area (Å²) >= 11 is 0.884. The SMILES string of the molecule is CC(C)(O)c1cc(F)c(S(C)(=O)=NC(=O)Nc2c3c(cc4c2CC4)CCC3)s1. The van der Waals surface area contributed by atoms with Gasteiger partial charge in [0.1, 0.15) is 4.21 Å². The summed E-state index contributed by atoms with van der Waals surface area (Å²) in [4.78, 5) is 12.9. The molecular formula is C20H23FN2O3S2. The van der Waals surface area contributed by atoms with Gasteiger partial charge in [0.05, 0.1) is 15.3 Å². The van der Waals surface area contributed by atoms with Crippen LogP contribution in [-0.4, -0.2) is 21.6 Å². The Hall–Kier alpha value is -1.77. The van der Waals surface area contributed by atoms with Gasteiger partial charge in [-0.25, -0.2) is 13.4 Å². The van der Waals surface area contributed by atoms with Crippen molar-refractivity contribution in [1.82, 2.24) is 0 Å². The highest BCUT2D eigenvalue weighted by Crippen LogP contribution is 2.40. The second-order valence-electron chi connectivity index (χ2n) is 8.01. The van der Waals surface area contributed by atoms with Crippen LogP contribution < -0.4 is 5.32 Å². The molecule has 1 unspecified atom stereocenters. The van der Waals surface area contributed by atoms with Gasteiger partial charge in [0.15, 0.2) is 5.82 Å². The molecule has 0 saturated carbocycles. The Morgan fingerprint density at radius 3 is 2.50 bits per heavy atom. The van der Waals surface area contributed by atoms with Gasteiger partial charge in [0, 0.05) is 16.8 Å². The van der Waals surface area contributed by atoms with Crippen molar-refractivity contribution in [2.75, 3.05) is 11.6 Å². The number of fused-ring (bicyclic) bond motifs is 2. The largest absolute Gasteiger partial charge is 0.385 e. The summed E-state index contributed by atoms with van der Waals surface area (Å²) in [6, 6.07) is 2.67. The number of hydrogen-bond donors (Lipinski definition) is 2. The smallest absolute Gasteiger partial charge is 0.353 e. The van der Waals surface area contributed by atoms with Crippen LogP contribution in [-0.2, 0) is 41.0 Å². The Morgan fingerprint density at radius 2 is 1.89 bits per heavy atom. The van der Waals surface area contributed by atoms with Crippen LogP contribution in [0.2, 0.25) is 0 Å². The molecule has 2 aromatic rings. The van der Waals surface area contributed by atoms with Gasteiger partial charge in [-0.05, 0) is 74.3 Å². The van der Waals surface area contributed by atoms with E-state index in [4.69, 9.17) is 0 Å². The maximum Gasteiger partial charge on any atom is 0.353 e. The Kier molecular flexibility index (Phi) is 4.63. The molecule has 1 aromatic carbocycles. The van der Waals surface area contributed by atoms with Crippen molar-refractivity contribution in [2.45, 2.75) is 55.8 Å². The number of nitrogens with zero attached hydrogens (tertiary/aromatic N) is 1. The van der Waals surface area contributed by atoms with E-state index in [9.17, 15) is 18.5 Å². The molecule has 0 spiro atoms. The number of amides is 2. The van der Waals surface area contributed by atoms with E-state index in [-0.39, 0.29) is 4.21 Å². The molecule has 0 bridgehead atoms. The van der Waals surface area contributed by atoms with Crippen LogP contribution in [0.3, 0.4) is 0 Å². The molecule has 28 heavy (non-hydrogen) atoms. The van der Waals surface area contributed by atoms with Gasteiger partial charge in [-0.2, -0.15) is 0 Å². The fourth-order valence-corrected chi connectivity index (χ4v) is 6.47. The lowest BCUT2D eigenvalue weighted by molar-refractivity contribution is 0.0823. The van der Waals surface area contributed by atoms with E-state index < -0.39 is 27.2 Å². The first-order chi connectivity index (χ1) is 13.1. The fourth-order valence-electron chi connectivity index (χ4n) is 3.84. The lowest BCUT2D eigenvalue weighted by Crippen LogP contribution is -2.19. The normalized spacial score (nSPS) is 17.3. The lowest BCUT2D eigenvalue weighted by atomic mass is 9.83. The van der Waals surface area contributed by atoms with Crippen molar-refractivity contribution >= 4 is 32.8 Å². The van der Waals surface area contributed by atoms with Gasteiger partial charge in [-0.1, -0.05) is 6.07 Å². The number of anilines is 1. The van der Waals surface area contributed by atoms with Gasteiger partial charge in [0.25, 0.3) is 0 Å². The van der Waals surface area contributed by atoms with E-state index >= 15 is 0 Å². The summed E-state index contributed by atoms with van der Waals surface area (Å²) in [5.74, 6) is -0.712. The zero-order valence-corrected chi connectivity index (χ0v) is 17.7. The molecular weight excluding hydrogens is 399 g/mol. The number of carbonyl (C=O) groups is 1. The molecule has 0 radical (unpaired) electrons. The first kappa shape index (κ1) is 19.5. The maximum atomic E-state index is 14.3. The average molecular weight is 423 g/mol. The fraction of sp³-hybridized carbons (Fsp3) is 0.450. The molecule has 8 heteroatoms. The summed E-state index contributed by atoms with van der Waals surface area (Å²) in [5.41, 5.74) is 4.37. The van der Waals surface area contributed by atoms with Crippen LogP contribution in [0.5, 0.6) is 0 Å². The molecule has 0 saturated heterocycles. The second-order valence-corrected chi connectivity index (χ2v) is 11.5. The molecule has 0 fully saturated rings. The van der Waals surface area contributed by atoms with E-state index in [1.165, 1.54) is 31.2 Å². The Bertz CT molecular complexity index is 1110. The zero-order valence-electron chi connectivity index (χ0n) is 16.1. The third kappa shape index (κ3) is 3.38. The number of aliphatic hydroxyl groups is 1. The number of hydrogen-bond acceptors (Lipinski definition) is 4.